The van der Waals surface area contributed by atoms with Crippen LogP contribution >= 0.6 is 0 Å². The van der Waals surface area contributed by atoms with Crippen LogP contribution in [0.2, 0.25) is 0 Å². The van der Waals surface area contributed by atoms with E-state index in [-0.39, 0.29) is 23.4 Å². The lowest BCUT2D eigenvalue weighted by molar-refractivity contribution is -0.384. The van der Waals surface area contributed by atoms with Crippen molar-refractivity contribution in [2.75, 3.05) is 13.1 Å². The van der Waals surface area contributed by atoms with E-state index in [1.807, 2.05) is 6.92 Å². The lowest BCUT2D eigenvalue weighted by Crippen LogP contribution is -2.49. The average molecular weight is 313 g/mol. The van der Waals surface area contributed by atoms with Crippen molar-refractivity contribution in [3.8, 4) is 0 Å². The van der Waals surface area contributed by atoms with Gasteiger partial charge in [0.1, 0.15) is 0 Å². The molecule has 2 N–H and O–H groups in total. The van der Waals surface area contributed by atoms with Gasteiger partial charge in [0.05, 0.1) is 10.7 Å². The standard InChI is InChI=1S/C13H19N3O4S/c1-10-6-12(14)8-15(7-10)21(19,20)9-11-2-4-13(5-3-11)16(17)18/h2-5,10,12H,6-9,14H2,1H3. The van der Waals surface area contributed by atoms with E-state index in [1.54, 1.807) is 0 Å². The summed E-state index contributed by atoms with van der Waals surface area (Å²) in [4.78, 5) is 10.1. The normalized spacial score (nSPS) is 23.9. The molecule has 1 aromatic carbocycles. The molecule has 7 nitrogen and oxygen atoms in total. The van der Waals surface area contributed by atoms with Crippen LogP contribution < -0.4 is 5.73 Å². The third-order valence-corrected chi connectivity index (χ3v) is 5.33. The highest BCUT2D eigenvalue weighted by Crippen LogP contribution is 2.21. The number of nitrogens with two attached hydrogens (primary N) is 1. The molecule has 0 saturated carbocycles. The summed E-state index contributed by atoms with van der Waals surface area (Å²) < 4.78 is 26.2. The third kappa shape index (κ3) is 3.99. The van der Waals surface area contributed by atoms with E-state index in [4.69, 9.17) is 5.73 Å². The van der Waals surface area contributed by atoms with Crippen molar-refractivity contribution in [3.05, 3.63) is 39.9 Å². The van der Waals surface area contributed by atoms with Crippen molar-refractivity contribution in [1.29, 1.82) is 0 Å². The fraction of sp³-hybridized carbons (Fsp3) is 0.538. The quantitative estimate of drug-likeness (QED) is 0.661. The molecule has 0 bridgehead atoms. The van der Waals surface area contributed by atoms with Crippen LogP contribution in [0, 0.1) is 16.0 Å². The summed E-state index contributed by atoms with van der Waals surface area (Å²) in [6.45, 7) is 2.79. The number of hydrogen-bond acceptors (Lipinski definition) is 5. The fourth-order valence-corrected chi connectivity index (χ4v) is 4.29. The SMILES string of the molecule is CC1CC(N)CN(S(=O)(=O)Cc2ccc([N+](=O)[O-])cc2)C1. The zero-order chi connectivity index (χ0) is 15.6. The maximum Gasteiger partial charge on any atom is 0.269 e. The third-order valence-electron chi connectivity index (χ3n) is 3.55. The van der Waals surface area contributed by atoms with Gasteiger partial charge in [-0.2, -0.15) is 4.31 Å². The predicted octanol–water partition coefficient (Wildman–Crippen LogP) is 1.09. The molecular formula is C13H19N3O4S. The number of nitro benzene ring substituents is 1. The molecule has 0 spiro atoms. The lowest BCUT2D eigenvalue weighted by Gasteiger charge is -2.33. The largest absolute Gasteiger partial charge is 0.326 e. The Morgan fingerprint density at radius 1 is 1.33 bits per heavy atom. The van der Waals surface area contributed by atoms with Crippen LogP contribution in [0.5, 0.6) is 0 Å². The second kappa shape index (κ2) is 6.08. The molecule has 8 heteroatoms. The second-order valence-corrected chi connectivity index (χ2v) is 7.57. The monoisotopic (exact) mass is 313 g/mol. The summed E-state index contributed by atoms with van der Waals surface area (Å²) in [7, 11) is -3.45. The Kier molecular flexibility index (Phi) is 4.60. The Morgan fingerprint density at radius 2 is 1.95 bits per heavy atom. The molecule has 2 rings (SSSR count). The van der Waals surface area contributed by atoms with Crippen molar-refractivity contribution in [1.82, 2.24) is 4.31 Å². The molecule has 1 aliphatic rings. The smallest absolute Gasteiger partial charge is 0.269 e. The van der Waals surface area contributed by atoms with Gasteiger partial charge in [-0.1, -0.05) is 19.1 Å². The molecule has 1 aromatic rings. The van der Waals surface area contributed by atoms with E-state index in [9.17, 15) is 18.5 Å². The average Bonchev–Trinajstić information content (AvgIpc) is 2.37. The Morgan fingerprint density at radius 3 is 2.48 bits per heavy atom. The van der Waals surface area contributed by atoms with Gasteiger partial charge in [-0.3, -0.25) is 10.1 Å². The van der Waals surface area contributed by atoms with E-state index in [0.29, 0.717) is 18.7 Å². The first kappa shape index (κ1) is 15.9. The van der Waals surface area contributed by atoms with E-state index >= 15 is 0 Å². The molecule has 2 atom stereocenters. The van der Waals surface area contributed by atoms with Crippen molar-refractivity contribution < 1.29 is 13.3 Å². The van der Waals surface area contributed by atoms with Gasteiger partial charge >= 0.3 is 0 Å². The first-order valence-corrected chi connectivity index (χ1v) is 8.35. The van der Waals surface area contributed by atoms with E-state index < -0.39 is 14.9 Å². The molecule has 1 aliphatic heterocycles. The number of nitro groups is 1. The van der Waals surface area contributed by atoms with E-state index in [0.717, 1.165) is 6.42 Å². The minimum absolute atomic E-state index is 0.0511. The van der Waals surface area contributed by atoms with E-state index in [1.165, 1.54) is 28.6 Å². The Hall–Kier alpha value is -1.51. The van der Waals surface area contributed by atoms with Gasteiger partial charge in [-0.05, 0) is 17.9 Å². The van der Waals surface area contributed by atoms with Crippen molar-refractivity contribution >= 4 is 15.7 Å². The molecule has 1 fully saturated rings. The molecule has 21 heavy (non-hydrogen) atoms. The van der Waals surface area contributed by atoms with Crippen LogP contribution in [-0.2, 0) is 15.8 Å². The van der Waals surface area contributed by atoms with Gasteiger partial charge in [-0.15, -0.1) is 0 Å². The number of rotatable bonds is 4. The summed E-state index contributed by atoms with van der Waals surface area (Å²) in [6, 6.07) is 5.44. The maximum atomic E-state index is 12.4. The molecule has 0 aromatic heterocycles. The molecule has 0 aliphatic carbocycles. The number of nitrogens with zero attached hydrogens (tertiary/aromatic N) is 2. The second-order valence-electron chi connectivity index (χ2n) is 5.60. The minimum Gasteiger partial charge on any atom is -0.326 e. The summed E-state index contributed by atoms with van der Waals surface area (Å²) in [5.41, 5.74) is 6.36. The lowest BCUT2D eigenvalue weighted by atomic mass is 9.99. The molecule has 1 heterocycles. The summed E-state index contributed by atoms with van der Waals surface area (Å²) in [5.74, 6) is 0.0742. The molecule has 2 unspecified atom stereocenters. The van der Waals surface area contributed by atoms with Crippen LogP contribution in [-0.4, -0.2) is 36.8 Å². The number of sulfonamides is 1. The predicted molar refractivity (Wildman–Crippen MR) is 79.0 cm³/mol. The van der Waals surface area contributed by atoms with Crippen LogP contribution in [0.15, 0.2) is 24.3 Å². The number of hydrogen-bond donors (Lipinski definition) is 1. The van der Waals surface area contributed by atoms with Gasteiger partial charge in [0.2, 0.25) is 10.0 Å². The Bertz CT molecular complexity index is 605. The van der Waals surface area contributed by atoms with Crippen molar-refractivity contribution in [2.45, 2.75) is 25.1 Å². The molecular weight excluding hydrogens is 294 g/mol. The number of non-ortho nitro benzene ring substituents is 1. The minimum atomic E-state index is -3.45. The van der Waals surface area contributed by atoms with Gasteiger partial charge in [0.15, 0.2) is 0 Å². The van der Waals surface area contributed by atoms with Gasteiger partial charge in [0.25, 0.3) is 5.69 Å². The Labute approximate surface area is 123 Å². The van der Waals surface area contributed by atoms with Crippen LogP contribution in [0.1, 0.15) is 18.9 Å². The van der Waals surface area contributed by atoms with Gasteiger partial charge in [0, 0.05) is 31.3 Å². The summed E-state index contributed by atoms with van der Waals surface area (Å²) in [5, 5.41) is 10.6. The highest BCUT2D eigenvalue weighted by Gasteiger charge is 2.30. The zero-order valence-corrected chi connectivity index (χ0v) is 12.6. The van der Waals surface area contributed by atoms with Gasteiger partial charge < -0.3 is 5.73 Å². The first-order chi connectivity index (χ1) is 9.78. The highest BCUT2D eigenvalue weighted by molar-refractivity contribution is 7.88. The highest BCUT2D eigenvalue weighted by atomic mass is 32.2. The molecule has 0 radical (unpaired) electrons. The topological polar surface area (TPSA) is 107 Å². The molecule has 1 saturated heterocycles. The number of benzene rings is 1. The Balaban J connectivity index is 2.11. The van der Waals surface area contributed by atoms with Gasteiger partial charge in [-0.25, -0.2) is 8.42 Å². The summed E-state index contributed by atoms with van der Waals surface area (Å²) >= 11 is 0. The van der Waals surface area contributed by atoms with E-state index in [2.05, 4.69) is 0 Å². The molecule has 0 amide bonds. The fourth-order valence-electron chi connectivity index (χ4n) is 2.59. The summed E-state index contributed by atoms with van der Waals surface area (Å²) in [6.07, 6.45) is 0.823. The molecule has 116 valence electrons. The first-order valence-electron chi connectivity index (χ1n) is 6.74. The number of piperidine rings is 1. The maximum absolute atomic E-state index is 12.4. The van der Waals surface area contributed by atoms with Crippen molar-refractivity contribution in [3.63, 3.8) is 0 Å². The van der Waals surface area contributed by atoms with Crippen LogP contribution in [0.4, 0.5) is 5.69 Å². The van der Waals surface area contributed by atoms with Crippen LogP contribution in [0.3, 0.4) is 0 Å². The zero-order valence-electron chi connectivity index (χ0n) is 11.8. The van der Waals surface area contributed by atoms with Crippen LogP contribution in [0.25, 0.3) is 0 Å². The van der Waals surface area contributed by atoms with Crippen molar-refractivity contribution in [2.24, 2.45) is 11.7 Å².